The molecular weight excluding hydrogens is 448 g/mol. The molecule has 3 aromatic rings. The molecule has 33 heavy (non-hydrogen) atoms. The van der Waals surface area contributed by atoms with Crippen LogP contribution < -0.4 is 27.7 Å². The first-order valence-electron chi connectivity index (χ1n) is 10.2. The highest BCUT2D eigenvalue weighted by Crippen LogP contribution is 2.18. The maximum atomic E-state index is 13.0. The van der Waals surface area contributed by atoms with Gasteiger partial charge in [0.05, 0.1) is 12.2 Å². The summed E-state index contributed by atoms with van der Waals surface area (Å²) in [5.74, 6) is 0.0342. The molecule has 0 unspecified atom stereocenters. The molecule has 11 nitrogen and oxygen atoms in total. The fraction of sp³-hybridized carbons (Fsp3) is 0.381. The van der Waals surface area contributed by atoms with Crippen molar-refractivity contribution in [3.05, 3.63) is 71.9 Å². The molecular formula is C21H27ClN8O3. The fourth-order valence-corrected chi connectivity index (χ4v) is 3.84. The molecule has 3 aromatic heterocycles. The SMILES string of the molecule is Cc1cc(N)nc(C)c1CNC(=O)Cn1c(C)cc(=O)n(NCc2c(C)nn(C)c2Cl)c1=O. The Labute approximate surface area is 195 Å². The molecule has 0 aliphatic carbocycles. The van der Waals surface area contributed by atoms with Crippen molar-refractivity contribution < 1.29 is 4.79 Å². The third kappa shape index (κ3) is 5.08. The minimum Gasteiger partial charge on any atom is -0.384 e. The smallest absolute Gasteiger partial charge is 0.350 e. The lowest BCUT2D eigenvalue weighted by Gasteiger charge is -2.15. The molecule has 0 aromatic carbocycles. The van der Waals surface area contributed by atoms with Gasteiger partial charge in [0.1, 0.15) is 17.5 Å². The van der Waals surface area contributed by atoms with Gasteiger partial charge in [0, 0.05) is 36.6 Å². The van der Waals surface area contributed by atoms with Crippen molar-refractivity contribution in [3.63, 3.8) is 0 Å². The lowest BCUT2D eigenvalue weighted by molar-refractivity contribution is -0.121. The Morgan fingerprint density at radius 2 is 1.79 bits per heavy atom. The molecule has 0 aliphatic heterocycles. The van der Waals surface area contributed by atoms with E-state index in [1.165, 1.54) is 15.3 Å². The number of hydrogen-bond donors (Lipinski definition) is 3. The van der Waals surface area contributed by atoms with E-state index < -0.39 is 11.2 Å². The summed E-state index contributed by atoms with van der Waals surface area (Å²) in [6, 6.07) is 3.03. The number of nitrogens with one attached hydrogen (secondary N) is 2. The zero-order valence-corrected chi connectivity index (χ0v) is 19.9. The number of halogens is 1. The van der Waals surface area contributed by atoms with E-state index in [4.69, 9.17) is 17.3 Å². The average molecular weight is 475 g/mol. The van der Waals surface area contributed by atoms with Crippen LogP contribution in [-0.2, 0) is 31.5 Å². The fourth-order valence-electron chi connectivity index (χ4n) is 3.60. The Hall–Kier alpha value is -3.60. The summed E-state index contributed by atoms with van der Waals surface area (Å²) in [6.45, 7) is 7.19. The molecule has 1 amide bonds. The number of amides is 1. The highest BCUT2D eigenvalue weighted by atomic mass is 35.5. The molecule has 0 atom stereocenters. The lowest BCUT2D eigenvalue weighted by Crippen LogP contribution is -2.46. The van der Waals surface area contributed by atoms with Crippen LogP contribution in [-0.4, -0.2) is 29.9 Å². The molecule has 3 heterocycles. The van der Waals surface area contributed by atoms with E-state index in [0.717, 1.165) is 21.5 Å². The summed E-state index contributed by atoms with van der Waals surface area (Å²) in [7, 11) is 1.70. The third-order valence-corrected chi connectivity index (χ3v) is 5.90. The number of aromatic nitrogens is 5. The molecule has 0 aliphatic rings. The Bertz CT molecular complexity index is 1320. The lowest BCUT2D eigenvalue weighted by atomic mass is 10.1. The second kappa shape index (κ2) is 9.49. The summed E-state index contributed by atoms with van der Waals surface area (Å²) in [5, 5.41) is 7.41. The second-order valence-corrected chi connectivity index (χ2v) is 8.20. The van der Waals surface area contributed by atoms with E-state index in [9.17, 15) is 14.4 Å². The summed E-state index contributed by atoms with van der Waals surface area (Å²) in [4.78, 5) is 42.2. The van der Waals surface area contributed by atoms with Crippen LogP contribution in [0.25, 0.3) is 0 Å². The van der Waals surface area contributed by atoms with Gasteiger partial charge in [-0.05, 0) is 44.9 Å². The highest BCUT2D eigenvalue weighted by molar-refractivity contribution is 6.30. The molecule has 0 fully saturated rings. The van der Waals surface area contributed by atoms with Crippen LogP contribution in [0.2, 0.25) is 5.15 Å². The van der Waals surface area contributed by atoms with E-state index in [0.29, 0.717) is 27.9 Å². The summed E-state index contributed by atoms with van der Waals surface area (Å²) in [5.41, 5.74) is 11.6. The van der Waals surface area contributed by atoms with Crippen LogP contribution >= 0.6 is 11.6 Å². The molecule has 0 spiro atoms. The van der Waals surface area contributed by atoms with Crippen molar-refractivity contribution >= 4 is 23.3 Å². The normalized spacial score (nSPS) is 11.0. The summed E-state index contributed by atoms with van der Waals surface area (Å²) in [6.07, 6.45) is 0. The highest BCUT2D eigenvalue weighted by Gasteiger charge is 2.15. The van der Waals surface area contributed by atoms with Gasteiger partial charge in [-0.15, -0.1) is 0 Å². The van der Waals surface area contributed by atoms with Crippen molar-refractivity contribution in [1.82, 2.24) is 29.3 Å². The predicted molar refractivity (Wildman–Crippen MR) is 126 cm³/mol. The Balaban J connectivity index is 1.77. The van der Waals surface area contributed by atoms with Crippen LogP contribution in [0.15, 0.2) is 21.7 Å². The first-order valence-corrected chi connectivity index (χ1v) is 10.6. The van der Waals surface area contributed by atoms with Crippen molar-refractivity contribution in [3.8, 4) is 0 Å². The quantitative estimate of drug-likeness (QED) is 0.456. The first-order chi connectivity index (χ1) is 15.5. The number of aryl methyl sites for hydroxylation is 5. The van der Waals surface area contributed by atoms with Crippen molar-refractivity contribution in [2.75, 3.05) is 11.2 Å². The molecule has 4 N–H and O–H groups in total. The number of nitrogens with zero attached hydrogens (tertiary/aromatic N) is 5. The number of rotatable bonds is 7. The standard InChI is InChI=1S/C21H27ClN8O3/c1-11-6-17(23)26-13(3)15(11)8-24-18(31)10-29-12(2)7-19(32)30(21(29)33)25-9-16-14(4)27-28(5)20(16)22/h6-7,25H,8-10H2,1-5H3,(H2,23,26)(H,24,31). The number of anilines is 1. The summed E-state index contributed by atoms with van der Waals surface area (Å²) < 4.78 is 3.60. The van der Waals surface area contributed by atoms with Gasteiger partial charge in [-0.2, -0.15) is 9.77 Å². The molecule has 3 rings (SSSR count). The zero-order valence-electron chi connectivity index (χ0n) is 19.2. The predicted octanol–water partition coefficient (Wildman–Crippen LogP) is 0.668. The molecule has 12 heteroatoms. The van der Waals surface area contributed by atoms with Crippen molar-refractivity contribution in [1.29, 1.82) is 0 Å². The van der Waals surface area contributed by atoms with Gasteiger partial charge in [0.15, 0.2) is 0 Å². The number of nitrogens with two attached hydrogens (primary N) is 1. The number of carbonyl (C=O) groups excluding carboxylic acids is 1. The number of hydrogen-bond acceptors (Lipinski definition) is 7. The number of pyridine rings is 1. The maximum Gasteiger partial charge on any atom is 0.350 e. The Morgan fingerprint density at radius 3 is 2.39 bits per heavy atom. The van der Waals surface area contributed by atoms with E-state index in [-0.39, 0.29) is 25.5 Å². The molecule has 0 saturated heterocycles. The van der Waals surface area contributed by atoms with Gasteiger partial charge in [0.25, 0.3) is 5.56 Å². The topological polar surface area (TPSA) is 142 Å². The van der Waals surface area contributed by atoms with Gasteiger partial charge in [-0.1, -0.05) is 11.6 Å². The van der Waals surface area contributed by atoms with E-state index in [2.05, 4.69) is 20.8 Å². The number of nitrogen functional groups attached to an aromatic ring is 1. The zero-order chi connectivity index (χ0) is 24.4. The van der Waals surface area contributed by atoms with Gasteiger partial charge in [-0.25, -0.2) is 9.78 Å². The first kappa shape index (κ1) is 24.1. The third-order valence-electron chi connectivity index (χ3n) is 5.42. The van der Waals surface area contributed by atoms with Gasteiger partial charge >= 0.3 is 5.69 Å². The minimum absolute atomic E-state index is 0.117. The van der Waals surface area contributed by atoms with E-state index in [1.807, 2.05) is 13.8 Å². The molecule has 0 radical (unpaired) electrons. The van der Waals surface area contributed by atoms with Crippen LogP contribution in [0.5, 0.6) is 0 Å². The van der Waals surface area contributed by atoms with Crippen LogP contribution in [0.4, 0.5) is 5.82 Å². The molecule has 0 saturated carbocycles. The average Bonchev–Trinajstić information content (AvgIpc) is 2.95. The maximum absolute atomic E-state index is 13.0. The van der Waals surface area contributed by atoms with Gasteiger partial charge in [-0.3, -0.25) is 18.8 Å². The minimum atomic E-state index is -0.658. The largest absolute Gasteiger partial charge is 0.384 e. The van der Waals surface area contributed by atoms with Crippen LogP contribution in [0.3, 0.4) is 0 Å². The van der Waals surface area contributed by atoms with Gasteiger partial charge in [0.2, 0.25) is 5.91 Å². The van der Waals surface area contributed by atoms with E-state index >= 15 is 0 Å². The molecule has 0 bridgehead atoms. The molecule has 176 valence electrons. The van der Waals surface area contributed by atoms with Crippen molar-refractivity contribution in [2.24, 2.45) is 7.05 Å². The van der Waals surface area contributed by atoms with Crippen LogP contribution in [0, 0.1) is 27.7 Å². The monoisotopic (exact) mass is 474 g/mol. The van der Waals surface area contributed by atoms with Crippen LogP contribution in [0.1, 0.15) is 33.8 Å². The van der Waals surface area contributed by atoms with E-state index in [1.54, 1.807) is 27.0 Å². The van der Waals surface area contributed by atoms with Gasteiger partial charge < -0.3 is 16.5 Å². The summed E-state index contributed by atoms with van der Waals surface area (Å²) >= 11 is 6.23. The number of carbonyl (C=O) groups is 1. The Morgan fingerprint density at radius 1 is 1.09 bits per heavy atom. The Kier molecular flexibility index (Phi) is 6.92. The van der Waals surface area contributed by atoms with Crippen molar-refractivity contribution in [2.45, 2.75) is 47.3 Å². The second-order valence-electron chi connectivity index (χ2n) is 7.85.